The van der Waals surface area contributed by atoms with Gasteiger partial charge in [-0.2, -0.15) is 0 Å². The van der Waals surface area contributed by atoms with Crippen LogP contribution in [0.15, 0.2) is 42.6 Å². The second-order valence-electron chi connectivity index (χ2n) is 4.62. The first-order valence-corrected chi connectivity index (χ1v) is 6.63. The van der Waals surface area contributed by atoms with E-state index in [1.807, 2.05) is 0 Å². The monoisotopic (exact) mass is 319 g/mol. The van der Waals surface area contributed by atoms with Crippen LogP contribution in [0.5, 0.6) is 0 Å². The van der Waals surface area contributed by atoms with Crippen molar-refractivity contribution >= 4 is 28.3 Å². The summed E-state index contributed by atoms with van der Waals surface area (Å²) in [5, 5.41) is 10.1. The van der Waals surface area contributed by atoms with Crippen LogP contribution in [0.1, 0.15) is 10.4 Å². The molecule has 3 rings (SSSR count). The topological polar surface area (TPSA) is 50.2 Å². The number of hydrogen-bond acceptors (Lipinski definition) is 2. The summed E-state index contributed by atoms with van der Waals surface area (Å²) in [4.78, 5) is 15.1. The van der Waals surface area contributed by atoms with Gasteiger partial charge in [-0.05, 0) is 24.3 Å². The lowest BCUT2D eigenvalue weighted by Crippen LogP contribution is -1.98. The fraction of sp³-hybridized carbons (Fsp3) is 0. The number of halogens is 3. The fourth-order valence-corrected chi connectivity index (χ4v) is 2.48. The zero-order valence-corrected chi connectivity index (χ0v) is 11.7. The number of carboxylic acids is 1. The lowest BCUT2D eigenvalue weighted by atomic mass is 10.0. The molecule has 6 heteroatoms. The van der Waals surface area contributed by atoms with Crippen molar-refractivity contribution in [2.75, 3.05) is 0 Å². The Morgan fingerprint density at radius 1 is 1.09 bits per heavy atom. The molecular formula is C16H8ClF2NO2. The number of pyridine rings is 1. The molecule has 0 radical (unpaired) electrons. The summed E-state index contributed by atoms with van der Waals surface area (Å²) >= 11 is 6.03. The molecule has 3 nitrogen and oxygen atoms in total. The van der Waals surface area contributed by atoms with Crippen LogP contribution in [-0.4, -0.2) is 16.1 Å². The Morgan fingerprint density at radius 3 is 2.41 bits per heavy atom. The highest BCUT2D eigenvalue weighted by Crippen LogP contribution is 2.34. The van der Waals surface area contributed by atoms with Crippen LogP contribution in [0.25, 0.3) is 22.0 Å². The predicted octanol–water partition coefficient (Wildman–Crippen LogP) is 4.53. The van der Waals surface area contributed by atoms with Gasteiger partial charge in [0.15, 0.2) is 0 Å². The van der Waals surface area contributed by atoms with Crippen molar-refractivity contribution in [2.24, 2.45) is 0 Å². The van der Waals surface area contributed by atoms with Gasteiger partial charge < -0.3 is 5.11 Å². The molecule has 0 aliphatic carbocycles. The van der Waals surface area contributed by atoms with Crippen LogP contribution in [-0.2, 0) is 0 Å². The molecule has 0 atom stereocenters. The Bertz CT molecular complexity index is 892. The summed E-state index contributed by atoms with van der Waals surface area (Å²) in [7, 11) is 0. The third-order valence-corrected chi connectivity index (χ3v) is 3.59. The Kier molecular flexibility index (Phi) is 3.50. The molecule has 22 heavy (non-hydrogen) atoms. The lowest BCUT2D eigenvalue weighted by molar-refractivity contribution is 0.0697. The molecule has 0 saturated carbocycles. The highest BCUT2D eigenvalue weighted by atomic mass is 35.5. The maximum absolute atomic E-state index is 14.0. The summed E-state index contributed by atoms with van der Waals surface area (Å²) < 4.78 is 28.0. The number of nitrogens with zero attached hydrogens (tertiary/aromatic N) is 1. The standard InChI is InChI=1S/C16H8ClF2NO2/c17-11-7-20-15(14-12(18)2-1-3-13(14)19)10-6-8(16(21)22)4-5-9(10)11/h1-7H,(H,21,22). The minimum atomic E-state index is -1.15. The van der Waals surface area contributed by atoms with Crippen LogP contribution in [0.3, 0.4) is 0 Å². The molecule has 0 aliphatic heterocycles. The molecule has 1 heterocycles. The van der Waals surface area contributed by atoms with Crippen LogP contribution in [0.4, 0.5) is 8.78 Å². The van der Waals surface area contributed by atoms with Gasteiger partial charge in [-0.25, -0.2) is 13.6 Å². The molecule has 0 bridgehead atoms. The molecule has 1 N–H and O–H groups in total. The van der Waals surface area contributed by atoms with Gasteiger partial charge in [0.1, 0.15) is 11.6 Å². The highest BCUT2D eigenvalue weighted by Gasteiger charge is 2.17. The van der Waals surface area contributed by atoms with Gasteiger partial charge >= 0.3 is 5.97 Å². The van der Waals surface area contributed by atoms with E-state index in [-0.39, 0.29) is 27.2 Å². The van der Waals surface area contributed by atoms with Gasteiger partial charge in [-0.3, -0.25) is 4.98 Å². The van der Waals surface area contributed by atoms with Crippen LogP contribution < -0.4 is 0 Å². The summed E-state index contributed by atoms with van der Waals surface area (Å²) in [5.74, 6) is -2.71. The van der Waals surface area contributed by atoms with Crippen LogP contribution >= 0.6 is 11.6 Å². The van der Waals surface area contributed by atoms with E-state index in [4.69, 9.17) is 16.7 Å². The molecule has 0 unspecified atom stereocenters. The van der Waals surface area contributed by atoms with Crippen molar-refractivity contribution in [3.63, 3.8) is 0 Å². The average Bonchev–Trinajstić information content (AvgIpc) is 2.49. The van der Waals surface area contributed by atoms with E-state index in [1.54, 1.807) is 0 Å². The van der Waals surface area contributed by atoms with Gasteiger partial charge in [0.25, 0.3) is 0 Å². The minimum absolute atomic E-state index is 0.0121. The lowest BCUT2D eigenvalue weighted by Gasteiger charge is -2.10. The number of hydrogen-bond donors (Lipinski definition) is 1. The number of carbonyl (C=O) groups is 1. The predicted molar refractivity (Wildman–Crippen MR) is 79.1 cm³/mol. The Morgan fingerprint density at radius 2 is 1.77 bits per heavy atom. The Labute approximate surface area is 128 Å². The van der Waals surface area contributed by atoms with E-state index < -0.39 is 17.6 Å². The quantitative estimate of drug-likeness (QED) is 0.755. The molecule has 2 aromatic carbocycles. The van der Waals surface area contributed by atoms with Crippen molar-refractivity contribution in [2.45, 2.75) is 0 Å². The first-order valence-electron chi connectivity index (χ1n) is 6.25. The maximum Gasteiger partial charge on any atom is 0.335 e. The normalized spacial score (nSPS) is 10.9. The number of fused-ring (bicyclic) bond motifs is 1. The zero-order chi connectivity index (χ0) is 15.9. The van der Waals surface area contributed by atoms with Crippen LogP contribution in [0, 0.1) is 11.6 Å². The maximum atomic E-state index is 14.0. The molecule has 0 spiro atoms. The number of rotatable bonds is 2. The second-order valence-corrected chi connectivity index (χ2v) is 5.02. The first kappa shape index (κ1) is 14.4. The van der Waals surface area contributed by atoms with Crippen LogP contribution in [0.2, 0.25) is 5.02 Å². The van der Waals surface area contributed by atoms with E-state index in [0.717, 1.165) is 12.1 Å². The van der Waals surface area contributed by atoms with Gasteiger partial charge in [0, 0.05) is 17.0 Å². The molecule has 0 amide bonds. The van der Waals surface area contributed by atoms with Crippen molar-refractivity contribution in [3.8, 4) is 11.3 Å². The van der Waals surface area contributed by atoms with E-state index in [9.17, 15) is 13.6 Å². The van der Waals surface area contributed by atoms with E-state index in [0.29, 0.717) is 5.39 Å². The SMILES string of the molecule is O=C(O)c1ccc2c(Cl)cnc(-c3c(F)cccc3F)c2c1. The third-order valence-electron chi connectivity index (χ3n) is 3.29. The van der Waals surface area contributed by atoms with Gasteiger partial charge in [-0.1, -0.05) is 23.7 Å². The number of aromatic nitrogens is 1. The van der Waals surface area contributed by atoms with Crippen molar-refractivity contribution in [1.29, 1.82) is 0 Å². The van der Waals surface area contributed by atoms with E-state index >= 15 is 0 Å². The average molecular weight is 320 g/mol. The van der Waals surface area contributed by atoms with Crippen molar-refractivity contribution < 1.29 is 18.7 Å². The van der Waals surface area contributed by atoms with E-state index in [1.165, 1.54) is 30.5 Å². The molecule has 110 valence electrons. The molecule has 0 saturated heterocycles. The number of carboxylic acid groups (broad SMARTS) is 1. The number of aromatic carboxylic acids is 1. The summed E-state index contributed by atoms with van der Waals surface area (Å²) in [6.07, 6.45) is 1.28. The smallest absolute Gasteiger partial charge is 0.335 e. The molecule has 0 aliphatic rings. The Hall–Kier alpha value is -2.53. The molecule has 3 aromatic rings. The largest absolute Gasteiger partial charge is 0.478 e. The zero-order valence-electron chi connectivity index (χ0n) is 11.0. The summed E-state index contributed by atoms with van der Waals surface area (Å²) in [6.45, 7) is 0. The minimum Gasteiger partial charge on any atom is -0.478 e. The van der Waals surface area contributed by atoms with Gasteiger partial charge in [0.05, 0.1) is 21.8 Å². The molecule has 1 aromatic heterocycles. The first-order chi connectivity index (χ1) is 10.5. The van der Waals surface area contributed by atoms with Crippen molar-refractivity contribution in [1.82, 2.24) is 4.98 Å². The third kappa shape index (κ3) is 2.29. The summed E-state index contributed by atoms with van der Waals surface area (Å²) in [6, 6.07) is 7.64. The van der Waals surface area contributed by atoms with E-state index in [2.05, 4.69) is 4.98 Å². The van der Waals surface area contributed by atoms with Gasteiger partial charge in [-0.15, -0.1) is 0 Å². The summed E-state index contributed by atoms with van der Waals surface area (Å²) in [5.41, 5.74) is -0.320. The molecule has 0 fully saturated rings. The van der Waals surface area contributed by atoms with Crippen molar-refractivity contribution in [3.05, 3.63) is 64.8 Å². The number of benzene rings is 2. The highest BCUT2D eigenvalue weighted by molar-refractivity contribution is 6.35. The second kappa shape index (κ2) is 5.35. The van der Waals surface area contributed by atoms with Gasteiger partial charge in [0.2, 0.25) is 0 Å². The fourth-order valence-electron chi connectivity index (χ4n) is 2.27. The Balaban J connectivity index is 2.41. The molecular weight excluding hydrogens is 312 g/mol.